The molecule has 0 bridgehead atoms. The first-order chi connectivity index (χ1) is 10.8. The zero-order valence-corrected chi connectivity index (χ0v) is 15.1. The van der Waals surface area contributed by atoms with E-state index in [1.54, 1.807) is 19.1 Å². The van der Waals surface area contributed by atoms with Crippen LogP contribution in [0.1, 0.15) is 33.6 Å². The molecule has 1 amide bonds. The highest BCUT2D eigenvalue weighted by atomic mass is 16.6. The molecule has 2 unspecified atom stereocenters. The van der Waals surface area contributed by atoms with E-state index < -0.39 is 5.60 Å². The van der Waals surface area contributed by atoms with Gasteiger partial charge in [0.15, 0.2) is 0 Å². The normalized spacial score (nSPS) is 23.1. The Morgan fingerprint density at radius 2 is 2.04 bits per heavy atom. The molecule has 7 heteroatoms. The van der Waals surface area contributed by atoms with Gasteiger partial charge in [-0.2, -0.15) is 0 Å². The molecular formula is C16H33N3O4. The first-order valence-electron chi connectivity index (χ1n) is 8.26. The summed E-state index contributed by atoms with van der Waals surface area (Å²) in [6.45, 7) is 7.96. The number of likely N-dealkylation sites (tertiary alicyclic amines) is 1. The molecule has 0 spiro atoms. The second kappa shape index (κ2) is 9.42. The molecule has 7 nitrogen and oxygen atoms in total. The smallest absolute Gasteiger partial charge is 0.410 e. The fourth-order valence-electron chi connectivity index (χ4n) is 2.73. The molecule has 3 atom stereocenters. The van der Waals surface area contributed by atoms with Gasteiger partial charge in [0.25, 0.3) is 0 Å². The zero-order valence-electron chi connectivity index (χ0n) is 15.1. The van der Waals surface area contributed by atoms with Gasteiger partial charge in [-0.3, -0.25) is 0 Å². The van der Waals surface area contributed by atoms with Crippen molar-refractivity contribution in [3.63, 3.8) is 0 Å². The molecule has 1 aliphatic rings. The van der Waals surface area contributed by atoms with E-state index in [4.69, 9.17) is 19.9 Å². The van der Waals surface area contributed by atoms with Crippen molar-refractivity contribution in [3.05, 3.63) is 0 Å². The topological polar surface area (TPSA) is 86.1 Å². The highest BCUT2D eigenvalue weighted by Crippen LogP contribution is 2.18. The lowest BCUT2D eigenvalue weighted by Crippen LogP contribution is -2.48. The van der Waals surface area contributed by atoms with Crippen LogP contribution in [0.25, 0.3) is 0 Å². The maximum Gasteiger partial charge on any atom is 0.410 e. The number of rotatable bonds is 8. The molecule has 1 heterocycles. The molecule has 23 heavy (non-hydrogen) atoms. The Morgan fingerprint density at radius 3 is 2.57 bits per heavy atom. The van der Waals surface area contributed by atoms with Crippen molar-refractivity contribution in [1.29, 1.82) is 0 Å². The predicted molar refractivity (Wildman–Crippen MR) is 89.5 cm³/mol. The molecule has 0 saturated carbocycles. The number of hydrogen-bond acceptors (Lipinski definition) is 6. The Kier molecular flexibility index (Phi) is 8.25. The van der Waals surface area contributed by atoms with Gasteiger partial charge in [-0.1, -0.05) is 0 Å². The number of carbonyl (C=O) groups is 1. The lowest BCUT2D eigenvalue weighted by atomic mass is 10.1. The third kappa shape index (κ3) is 7.03. The zero-order chi connectivity index (χ0) is 17.5. The van der Waals surface area contributed by atoms with Gasteiger partial charge >= 0.3 is 6.09 Å². The molecule has 0 radical (unpaired) electrons. The average Bonchev–Trinajstić information content (AvgIpc) is 2.86. The van der Waals surface area contributed by atoms with E-state index in [1.807, 2.05) is 20.8 Å². The summed E-state index contributed by atoms with van der Waals surface area (Å²) in [6.07, 6.45) is 1.51. The summed E-state index contributed by atoms with van der Waals surface area (Å²) in [7, 11) is 3.36. The number of nitrogens with two attached hydrogens (primary N) is 1. The van der Waals surface area contributed by atoms with Gasteiger partial charge in [0.1, 0.15) is 5.60 Å². The number of nitrogens with one attached hydrogen (secondary N) is 1. The van der Waals surface area contributed by atoms with Crippen molar-refractivity contribution in [2.75, 3.05) is 40.5 Å². The third-order valence-corrected chi connectivity index (χ3v) is 3.79. The van der Waals surface area contributed by atoms with Crippen LogP contribution in [0.15, 0.2) is 0 Å². The van der Waals surface area contributed by atoms with Gasteiger partial charge in [-0.15, -0.1) is 0 Å². The van der Waals surface area contributed by atoms with Crippen LogP contribution in [0.3, 0.4) is 0 Å². The van der Waals surface area contributed by atoms with Gasteiger partial charge in [0.2, 0.25) is 0 Å². The summed E-state index contributed by atoms with van der Waals surface area (Å²) in [5, 5.41) is 3.55. The monoisotopic (exact) mass is 331 g/mol. The minimum absolute atomic E-state index is 0.0558. The lowest BCUT2D eigenvalue weighted by Gasteiger charge is -2.26. The summed E-state index contributed by atoms with van der Waals surface area (Å²) in [6, 6.07) is 0.259. The Balaban J connectivity index is 2.61. The Morgan fingerprint density at radius 1 is 1.35 bits per heavy atom. The maximum absolute atomic E-state index is 12.2. The second-order valence-electron chi connectivity index (χ2n) is 7.02. The van der Waals surface area contributed by atoms with E-state index in [1.165, 1.54) is 0 Å². The molecular weight excluding hydrogens is 298 g/mol. The standard InChI is InChI=1S/C16H33N3O4/c1-16(2,3)23-15(20)19-9-13(14(10-19)22-5)18-12(11-21-4)7-6-8-17/h12-14,18H,6-11,17H2,1-5H3/t12?,13?,14-/m0/s1. The summed E-state index contributed by atoms with van der Waals surface area (Å²) in [4.78, 5) is 13.9. The van der Waals surface area contributed by atoms with Crippen molar-refractivity contribution >= 4 is 6.09 Å². The lowest BCUT2D eigenvalue weighted by molar-refractivity contribution is 0.0252. The van der Waals surface area contributed by atoms with Gasteiger partial charge < -0.3 is 30.2 Å². The van der Waals surface area contributed by atoms with Crippen molar-refractivity contribution in [1.82, 2.24) is 10.2 Å². The van der Waals surface area contributed by atoms with E-state index in [0.717, 1.165) is 12.8 Å². The van der Waals surface area contributed by atoms with Crippen LogP contribution in [0.4, 0.5) is 4.79 Å². The number of hydrogen-bond donors (Lipinski definition) is 2. The van der Waals surface area contributed by atoms with Crippen molar-refractivity contribution < 1.29 is 19.0 Å². The van der Waals surface area contributed by atoms with Crippen molar-refractivity contribution in [2.45, 2.75) is 57.4 Å². The number of ether oxygens (including phenoxy) is 3. The first kappa shape index (κ1) is 20.2. The summed E-state index contributed by atoms with van der Waals surface area (Å²) in [5.41, 5.74) is 5.10. The van der Waals surface area contributed by atoms with Gasteiger partial charge in [0, 0.05) is 26.8 Å². The first-order valence-corrected chi connectivity index (χ1v) is 8.26. The largest absolute Gasteiger partial charge is 0.444 e. The number of amides is 1. The molecule has 0 aromatic carbocycles. The quantitative estimate of drug-likeness (QED) is 0.689. The number of methoxy groups -OCH3 is 2. The molecule has 1 rings (SSSR count). The molecule has 0 aliphatic carbocycles. The Hall–Kier alpha value is -0.890. The van der Waals surface area contributed by atoms with Crippen LogP contribution >= 0.6 is 0 Å². The third-order valence-electron chi connectivity index (χ3n) is 3.79. The number of nitrogens with zero attached hydrogens (tertiary/aromatic N) is 1. The fraction of sp³-hybridized carbons (Fsp3) is 0.938. The van der Waals surface area contributed by atoms with Gasteiger partial charge in [0.05, 0.1) is 25.3 Å². The second-order valence-corrected chi connectivity index (χ2v) is 7.02. The van der Waals surface area contributed by atoms with E-state index in [0.29, 0.717) is 26.2 Å². The molecule has 0 aromatic heterocycles. The minimum Gasteiger partial charge on any atom is -0.444 e. The Labute approximate surface area is 139 Å². The van der Waals surface area contributed by atoms with Crippen LogP contribution in [0.2, 0.25) is 0 Å². The highest BCUT2D eigenvalue weighted by Gasteiger charge is 2.38. The number of carbonyl (C=O) groups excluding carboxylic acids is 1. The molecule has 0 aromatic rings. The molecule has 3 N–H and O–H groups in total. The summed E-state index contributed by atoms with van der Waals surface area (Å²) < 4.78 is 16.3. The van der Waals surface area contributed by atoms with Gasteiger partial charge in [-0.05, 0) is 40.2 Å². The van der Waals surface area contributed by atoms with Crippen molar-refractivity contribution in [2.24, 2.45) is 5.73 Å². The predicted octanol–water partition coefficient (Wildman–Crippen LogP) is 0.964. The van der Waals surface area contributed by atoms with Crippen LogP contribution < -0.4 is 11.1 Å². The van der Waals surface area contributed by atoms with Crippen molar-refractivity contribution in [3.8, 4) is 0 Å². The van der Waals surface area contributed by atoms with Crippen LogP contribution in [0.5, 0.6) is 0 Å². The van der Waals surface area contributed by atoms with Crippen LogP contribution in [-0.4, -0.2) is 75.2 Å². The fourth-order valence-corrected chi connectivity index (χ4v) is 2.73. The maximum atomic E-state index is 12.2. The van der Waals surface area contributed by atoms with Crippen LogP contribution in [0, 0.1) is 0 Å². The van der Waals surface area contributed by atoms with E-state index >= 15 is 0 Å². The molecule has 1 saturated heterocycles. The SMILES string of the molecule is COCC(CCCN)NC1CN(C(=O)OC(C)(C)C)C[C@@H]1OC. The van der Waals surface area contributed by atoms with Gasteiger partial charge in [-0.25, -0.2) is 4.79 Å². The van der Waals surface area contributed by atoms with Crippen LogP contribution in [-0.2, 0) is 14.2 Å². The van der Waals surface area contributed by atoms with E-state index in [2.05, 4.69) is 5.32 Å². The minimum atomic E-state index is -0.495. The summed E-state index contributed by atoms with van der Waals surface area (Å²) >= 11 is 0. The Bertz CT molecular complexity index is 360. The van der Waals surface area contributed by atoms with E-state index in [-0.39, 0.29) is 24.3 Å². The molecule has 1 fully saturated rings. The average molecular weight is 331 g/mol. The molecule has 136 valence electrons. The highest BCUT2D eigenvalue weighted by molar-refractivity contribution is 5.68. The molecule has 1 aliphatic heterocycles. The summed E-state index contributed by atoms with van der Waals surface area (Å²) in [5.74, 6) is 0. The van der Waals surface area contributed by atoms with E-state index in [9.17, 15) is 4.79 Å².